The van der Waals surface area contributed by atoms with Gasteiger partial charge in [0, 0.05) is 78.7 Å². The maximum atomic E-state index is 14.0. The van der Waals surface area contributed by atoms with Crippen molar-refractivity contribution < 1.29 is 73.7 Å². The van der Waals surface area contributed by atoms with Gasteiger partial charge < -0.3 is 38.0 Å². The molecule has 0 aromatic carbocycles. The van der Waals surface area contributed by atoms with E-state index in [1.807, 2.05) is 0 Å². The summed E-state index contributed by atoms with van der Waals surface area (Å²) in [5.74, 6) is -4.30. The van der Waals surface area contributed by atoms with Gasteiger partial charge in [0.25, 0.3) is 0 Å². The molecule has 2 aliphatic carbocycles. The molecule has 2 amide bonds. The van der Waals surface area contributed by atoms with Gasteiger partial charge in [-0.05, 0) is 68.4 Å². The van der Waals surface area contributed by atoms with Gasteiger partial charge in [0.1, 0.15) is 35.9 Å². The quantitative estimate of drug-likeness (QED) is 0.134. The van der Waals surface area contributed by atoms with Gasteiger partial charge >= 0.3 is 24.3 Å². The predicted molar refractivity (Wildman–Crippen MR) is 210 cm³/mol. The van der Waals surface area contributed by atoms with E-state index in [-0.39, 0.29) is 90.3 Å². The second-order valence-corrected chi connectivity index (χ2v) is 16.2. The van der Waals surface area contributed by atoms with Crippen molar-refractivity contribution in [1.82, 2.24) is 29.4 Å². The Balaban J connectivity index is 0.000000192. The molecule has 64 heavy (non-hydrogen) atoms. The highest BCUT2D eigenvalue weighted by molar-refractivity contribution is 5.92. The third kappa shape index (κ3) is 9.71. The molecule has 0 bridgehead atoms. The van der Waals surface area contributed by atoms with Crippen molar-refractivity contribution >= 4 is 23.8 Å². The van der Waals surface area contributed by atoms with Gasteiger partial charge in [-0.3, -0.25) is 19.0 Å². The zero-order valence-electron chi connectivity index (χ0n) is 35.4. The maximum Gasteiger partial charge on any atom is 0.421 e. The number of carboxylic acids is 1. The topological polar surface area (TPSA) is 185 Å². The molecule has 0 radical (unpaired) electrons. The number of hydrogen-bond donors (Lipinski definition) is 1. The van der Waals surface area contributed by atoms with Crippen LogP contribution in [0.1, 0.15) is 87.5 Å². The minimum Gasteiger partial charge on any atom is -0.475 e. The van der Waals surface area contributed by atoms with Crippen LogP contribution in [0, 0.1) is 11.8 Å². The number of aryl methyl sites for hydroxylation is 4. The Kier molecular flexibility index (Phi) is 13.6. The van der Waals surface area contributed by atoms with Gasteiger partial charge in [0.2, 0.25) is 23.3 Å². The minimum atomic E-state index is -4.87. The van der Waals surface area contributed by atoms with Crippen LogP contribution in [0.15, 0.2) is 21.2 Å². The number of halogens is 6. The van der Waals surface area contributed by atoms with Crippen LogP contribution in [-0.2, 0) is 74.9 Å². The molecule has 8 rings (SSSR count). The lowest BCUT2D eigenvalue weighted by atomic mass is 9.93. The normalized spacial score (nSPS) is 16.6. The van der Waals surface area contributed by atoms with Gasteiger partial charge in [-0.1, -0.05) is 0 Å². The Hall–Kier alpha value is -5.64. The fraction of sp³-hybridized carbons (Fsp3) is 0.571. The molecule has 1 N–H and O–H groups in total. The van der Waals surface area contributed by atoms with Crippen molar-refractivity contribution in [2.75, 3.05) is 60.2 Å². The number of carboxylic acid groups (broad SMARTS) is 1. The molecule has 16 nitrogen and oxygen atoms in total. The van der Waals surface area contributed by atoms with Crippen molar-refractivity contribution in [3.63, 3.8) is 0 Å². The van der Waals surface area contributed by atoms with Gasteiger partial charge in [-0.25, -0.2) is 9.59 Å². The molecule has 0 atom stereocenters. The highest BCUT2D eigenvalue weighted by Gasteiger charge is 2.47. The molecule has 6 heterocycles. The van der Waals surface area contributed by atoms with Gasteiger partial charge in [-0.15, -0.1) is 0 Å². The summed E-state index contributed by atoms with van der Waals surface area (Å²) in [6, 6.07) is 0. The summed E-state index contributed by atoms with van der Waals surface area (Å²) in [6.45, 7) is 5.03. The number of piperidine rings is 2. The number of carbonyl (C=O) groups excluding carboxylic acids is 3. The molecule has 2 fully saturated rings. The van der Waals surface area contributed by atoms with E-state index in [0.717, 1.165) is 25.7 Å². The largest absolute Gasteiger partial charge is 0.475 e. The van der Waals surface area contributed by atoms with Crippen LogP contribution in [0.4, 0.5) is 26.3 Å². The second kappa shape index (κ2) is 18.8. The van der Waals surface area contributed by atoms with Crippen LogP contribution >= 0.6 is 0 Å². The lowest BCUT2D eigenvalue weighted by Crippen LogP contribution is -2.41. The van der Waals surface area contributed by atoms with Crippen LogP contribution in [0.5, 0.6) is 0 Å². The third-order valence-corrected chi connectivity index (χ3v) is 11.9. The molecule has 22 heteroatoms. The maximum absolute atomic E-state index is 14.0. The molecule has 2 aliphatic heterocycles. The Morgan fingerprint density at radius 2 is 1.09 bits per heavy atom. The number of aromatic carboxylic acids is 1. The fourth-order valence-corrected chi connectivity index (χ4v) is 8.93. The summed E-state index contributed by atoms with van der Waals surface area (Å²) in [7, 11) is 2.95. The van der Waals surface area contributed by atoms with Crippen LogP contribution in [-0.4, -0.2) is 118 Å². The highest BCUT2D eigenvalue weighted by atomic mass is 19.4. The number of furan rings is 2. The smallest absolute Gasteiger partial charge is 0.421 e. The van der Waals surface area contributed by atoms with Crippen molar-refractivity contribution in [2.24, 2.45) is 11.8 Å². The Morgan fingerprint density at radius 3 is 1.47 bits per heavy atom. The zero-order chi connectivity index (χ0) is 46.1. The van der Waals surface area contributed by atoms with E-state index in [0.29, 0.717) is 63.2 Å². The average molecular weight is 911 g/mol. The van der Waals surface area contributed by atoms with E-state index in [1.54, 1.807) is 31.6 Å². The first-order valence-electron chi connectivity index (χ1n) is 20.9. The SMILES string of the molecule is CCOC(=O)c1oc2c(c1C(F)(F)F)-c1nn(CC3CCN(C(=O)COC)CC3)cc1CC2.COCC(=O)N1CCC(Cn2cc3c(n2)-c2c(oc(C(=O)O)c2C(F)(F)F)CC3)CC1. The van der Waals surface area contributed by atoms with Crippen LogP contribution < -0.4 is 0 Å². The van der Waals surface area contributed by atoms with Crippen molar-refractivity contribution in [2.45, 2.75) is 83.7 Å². The number of amides is 2. The number of likely N-dealkylation sites (tertiary alicyclic amines) is 2. The number of aromatic nitrogens is 4. The van der Waals surface area contributed by atoms with Crippen molar-refractivity contribution in [1.29, 1.82) is 0 Å². The summed E-state index contributed by atoms with van der Waals surface area (Å²) in [6.07, 6.45) is -1.76. The number of esters is 1. The predicted octanol–water partition coefficient (Wildman–Crippen LogP) is 6.17. The van der Waals surface area contributed by atoms with Crippen molar-refractivity contribution in [3.05, 3.63) is 57.7 Å². The second-order valence-electron chi connectivity index (χ2n) is 16.2. The molecule has 4 aromatic rings. The van der Waals surface area contributed by atoms with Gasteiger partial charge in [0.15, 0.2) is 0 Å². The Morgan fingerprint density at radius 1 is 0.688 bits per heavy atom. The fourth-order valence-electron chi connectivity index (χ4n) is 8.93. The molecule has 4 aromatic heterocycles. The number of ether oxygens (including phenoxy) is 3. The number of nitrogens with zero attached hydrogens (tertiary/aromatic N) is 6. The summed E-state index contributed by atoms with van der Waals surface area (Å²) in [5, 5.41) is 18.0. The van der Waals surface area contributed by atoms with E-state index in [2.05, 4.69) is 10.2 Å². The van der Waals surface area contributed by atoms with Crippen molar-refractivity contribution in [3.8, 4) is 22.5 Å². The first-order chi connectivity index (χ1) is 30.4. The number of methoxy groups -OCH3 is 2. The van der Waals surface area contributed by atoms with E-state index < -0.39 is 46.9 Å². The molecule has 0 unspecified atom stereocenters. The summed E-state index contributed by atoms with van der Waals surface area (Å²) >= 11 is 0. The number of hydrogen-bond acceptors (Lipinski definition) is 11. The van der Waals surface area contributed by atoms with Crippen LogP contribution in [0.25, 0.3) is 22.5 Å². The number of fused-ring (bicyclic) bond motifs is 6. The van der Waals surface area contributed by atoms with E-state index in [4.69, 9.17) is 23.0 Å². The molecule has 0 saturated carbocycles. The molecular formula is C42H48F6N6O10. The highest BCUT2D eigenvalue weighted by Crippen LogP contribution is 2.48. The van der Waals surface area contributed by atoms with Crippen LogP contribution in [0.3, 0.4) is 0 Å². The summed E-state index contributed by atoms with van der Waals surface area (Å²) < 4.78 is 111. The van der Waals surface area contributed by atoms with E-state index in [9.17, 15) is 50.6 Å². The number of rotatable bonds is 11. The zero-order valence-corrected chi connectivity index (χ0v) is 35.4. The van der Waals surface area contributed by atoms with E-state index in [1.165, 1.54) is 21.1 Å². The monoisotopic (exact) mass is 910 g/mol. The molecule has 4 aliphatic rings. The Labute approximate surface area is 362 Å². The summed E-state index contributed by atoms with van der Waals surface area (Å²) in [5.41, 5.74) is -1.14. The molecule has 0 spiro atoms. The number of alkyl halides is 6. The standard InChI is InChI=1S/C22H26F3N3O5.C20H22F3N3O5/c1-3-32-21(30)20-18(22(23,24)25)17-15(33-20)5-4-14-11-28(26-19(14)17)10-13-6-8-27(9-7-13)16(29)12-31-2;1-30-10-14(27)25-6-4-11(5-7-25)8-26-9-12-2-3-13-15(17(12)24-26)16(20(21,22)23)18(31-13)19(28)29/h11,13H,3-10,12H2,1-2H3;9,11H,2-8,10H2,1H3,(H,28,29). The Bertz CT molecular complexity index is 2360. The van der Waals surface area contributed by atoms with Crippen LogP contribution in [0.2, 0.25) is 0 Å². The summed E-state index contributed by atoms with van der Waals surface area (Å²) in [4.78, 5) is 50.9. The first-order valence-corrected chi connectivity index (χ1v) is 20.9. The minimum absolute atomic E-state index is 0.00689. The van der Waals surface area contributed by atoms with Gasteiger partial charge in [-0.2, -0.15) is 36.5 Å². The molecular weight excluding hydrogens is 862 g/mol. The molecule has 348 valence electrons. The van der Waals surface area contributed by atoms with Gasteiger partial charge in [0.05, 0.1) is 29.1 Å². The lowest BCUT2D eigenvalue weighted by Gasteiger charge is -2.31. The molecule has 2 saturated heterocycles. The number of carbonyl (C=O) groups is 4. The van der Waals surface area contributed by atoms with E-state index >= 15 is 0 Å². The lowest BCUT2D eigenvalue weighted by molar-refractivity contribution is -0.138. The third-order valence-electron chi connectivity index (χ3n) is 11.9. The first kappa shape index (κ1) is 46.4. The average Bonchev–Trinajstić information content (AvgIpc) is 4.03.